The summed E-state index contributed by atoms with van der Waals surface area (Å²) in [6.45, 7) is 1.86. The summed E-state index contributed by atoms with van der Waals surface area (Å²) in [4.78, 5) is 25.0. The number of rotatable bonds is 7. The molecule has 0 aromatic heterocycles. The molecule has 2 N–H and O–H groups in total. The number of aliphatic hydroxyl groups excluding tert-OH is 1. The second-order valence-electron chi connectivity index (χ2n) is 4.79. The van der Waals surface area contributed by atoms with Crippen LogP contribution >= 0.6 is 0 Å². The summed E-state index contributed by atoms with van der Waals surface area (Å²) in [6, 6.07) is 9.39. The minimum atomic E-state index is -0.551. The van der Waals surface area contributed by atoms with Crippen LogP contribution in [0, 0.1) is 0 Å². The number of nitrogens with zero attached hydrogens (tertiary/aromatic N) is 1. The summed E-state index contributed by atoms with van der Waals surface area (Å²) in [5.74, 6) is -0.152. The molecule has 1 aromatic carbocycles. The molecule has 1 rings (SSSR count). The number of carbonyl (C=O) groups excluding carboxylic acids is 2. The van der Waals surface area contributed by atoms with Gasteiger partial charge in [0.2, 0.25) is 11.8 Å². The highest BCUT2D eigenvalue weighted by Gasteiger charge is 2.11. The van der Waals surface area contributed by atoms with Gasteiger partial charge in [0.05, 0.1) is 6.10 Å². The third-order valence-corrected chi connectivity index (χ3v) is 2.91. The van der Waals surface area contributed by atoms with Gasteiger partial charge in [-0.25, -0.2) is 0 Å². The van der Waals surface area contributed by atoms with Crippen molar-refractivity contribution in [1.82, 2.24) is 5.32 Å². The molecule has 0 spiro atoms. The van der Waals surface area contributed by atoms with Crippen LogP contribution in [0.4, 0.5) is 5.69 Å². The van der Waals surface area contributed by atoms with E-state index in [0.29, 0.717) is 19.3 Å². The minimum absolute atomic E-state index is 0.0143. The first-order valence-electron chi connectivity index (χ1n) is 6.77. The van der Waals surface area contributed by atoms with E-state index in [1.54, 1.807) is 18.9 Å². The topological polar surface area (TPSA) is 69.6 Å². The molecule has 0 aliphatic carbocycles. The molecular weight excluding hydrogens is 256 g/mol. The van der Waals surface area contributed by atoms with Gasteiger partial charge in [-0.05, 0) is 25.5 Å². The molecule has 5 nitrogen and oxygen atoms in total. The molecule has 110 valence electrons. The highest BCUT2D eigenvalue weighted by Crippen LogP contribution is 2.13. The Morgan fingerprint density at radius 2 is 1.90 bits per heavy atom. The first-order chi connectivity index (χ1) is 9.50. The van der Waals surface area contributed by atoms with Gasteiger partial charge in [-0.1, -0.05) is 18.2 Å². The smallest absolute Gasteiger partial charge is 0.226 e. The fraction of sp³-hybridized carbons (Fsp3) is 0.467. The summed E-state index contributed by atoms with van der Waals surface area (Å²) < 4.78 is 0. The Morgan fingerprint density at radius 3 is 2.50 bits per heavy atom. The molecule has 0 aliphatic heterocycles. The van der Waals surface area contributed by atoms with Crippen molar-refractivity contribution >= 4 is 17.5 Å². The lowest BCUT2D eigenvalue weighted by Gasteiger charge is -2.17. The Balaban J connectivity index is 2.28. The van der Waals surface area contributed by atoms with Gasteiger partial charge >= 0.3 is 0 Å². The fourth-order valence-electron chi connectivity index (χ4n) is 1.71. The molecule has 1 atom stereocenters. The van der Waals surface area contributed by atoms with Gasteiger partial charge in [0, 0.05) is 32.1 Å². The van der Waals surface area contributed by atoms with Crippen molar-refractivity contribution in [2.75, 3.05) is 18.5 Å². The van der Waals surface area contributed by atoms with Gasteiger partial charge in [0.15, 0.2) is 0 Å². The molecule has 0 radical (unpaired) electrons. The van der Waals surface area contributed by atoms with Crippen molar-refractivity contribution in [2.24, 2.45) is 0 Å². The van der Waals surface area contributed by atoms with Crippen molar-refractivity contribution in [3.05, 3.63) is 30.3 Å². The second kappa shape index (κ2) is 8.32. The summed E-state index contributed by atoms with van der Waals surface area (Å²) in [7, 11) is 1.73. The molecule has 0 aliphatic rings. The maximum atomic E-state index is 11.9. The SMILES string of the molecule is CC(O)CNC(=O)CCCC(=O)N(C)c1ccccc1. The standard InChI is InChI=1S/C15H22N2O3/c1-12(18)11-16-14(19)9-6-10-15(20)17(2)13-7-4-3-5-8-13/h3-5,7-8,12,18H,6,9-11H2,1-2H3,(H,16,19). The predicted molar refractivity (Wildman–Crippen MR) is 78.4 cm³/mol. The lowest BCUT2D eigenvalue weighted by atomic mass is 10.2. The van der Waals surface area contributed by atoms with E-state index in [0.717, 1.165) is 5.69 Å². The van der Waals surface area contributed by atoms with Crippen LogP contribution in [0.2, 0.25) is 0 Å². The molecule has 0 fully saturated rings. The van der Waals surface area contributed by atoms with Crippen molar-refractivity contribution in [3.63, 3.8) is 0 Å². The van der Waals surface area contributed by atoms with Gasteiger partial charge < -0.3 is 15.3 Å². The Hall–Kier alpha value is -1.88. The summed E-state index contributed by atoms with van der Waals surface area (Å²) >= 11 is 0. The first-order valence-corrected chi connectivity index (χ1v) is 6.77. The van der Waals surface area contributed by atoms with Crippen LogP contribution in [-0.2, 0) is 9.59 Å². The van der Waals surface area contributed by atoms with E-state index >= 15 is 0 Å². The third kappa shape index (κ3) is 5.84. The number of anilines is 1. The minimum Gasteiger partial charge on any atom is -0.392 e. The van der Waals surface area contributed by atoms with Gasteiger partial charge in [0.25, 0.3) is 0 Å². The van der Waals surface area contributed by atoms with E-state index in [1.807, 2.05) is 30.3 Å². The molecular formula is C15H22N2O3. The van der Waals surface area contributed by atoms with Crippen LogP contribution in [0.15, 0.2) is 30.3 Å². The normalized spacial score (nSPS) is 11.8. The Labute approximate surface area is 119 Å². The summed E-state index contributed by atoms with van der Waals surface area (Å²) in [5.41, 5.74) is 0.844. The molecule has 0 bridgehead atoms. The molecule has 0 saturated carbocycles. The number of para-hydroxylation sites is 1. The number of nitrogens with one attached hydrogen (secondary N) is 1. The maximum Gasteiger partial charge on any atom is 0.226 e. The molecule has 0 heterocycles. The lowest BCUT2D eigenvalue weighted by molar-refractivity contribution is -0.122. The Bertz CT molecular complexity index is 432. The summed E-state index contributed by atoms with van der Waals surface area (Å²) in [5, 5.41) is 11.6. The number of benzene rings is 1. The van der Waals surface area contributed by atoms with E-state index in [2.05, 4.69) is 5.32 Å². The molecule has 20 heavy (non-hydrogen) atoms. The van der Waals surface area contributed by atoms with Crippen LogP contribution in [0.1, 0.15) is 26.2 Å². The number of aliphatic hydroxyl groups is 1. The fourth-order valence-corrected chi connectivity index (χ4v) is 1.71. The van der Waals surface area contributed by atoms with Crippen LogP contribution in [0.3, 0.4) is 0 Å². The van der Waals surface area contributed by atoms with Crippen molar-refractivity contribution in [2.45, 2.75) is 32.3 Å². The molecule has 1 unspecified atom stereocenters. The van der Waals surface area contributed by atoms with Crippen LogP contribution in [-0.4, -0.2) is 36.6 Å². The second-order valence-corrected chi connectivity index (χ2v) is 4.79. The van der Waals surface area contributed by atoms with E-state index < -0.39 is 6.10 Å². The first kappa shape index (κ1) is 16.2. The molecule has 5 heteroatoms. The van der Waals surface area contributed by atoms with Gasteiger partial charge in [-0.15, -0.1) is 0 Å². The van der Waals surface area contributed by atoms with E-state index in [-0.39, 0.29) is 18.4 Å². The zero-order chi connectivity index (χ0) is 15.0. The number of hydrogen-bond acceptors (Lipinski definition) is 3. The lowest BCUT2D eigenvalue weighted by Crippen LogP contribution is -2.31. The predicted octanol–water partition coefficient (Wildman–Crippen LogP) is 1.32. The van der Waals surface area contributed by atoms with Crippen LogP contribution in [0.5, 0.6) is 0 Å². The third-order valence-electron chi connectivity index (χ3n) is 2.91. The summed E-state index contributed by atoms with van der Waals surface area (Å²) in [6.07, 6.45) is 0.570. The molecule has 1 aromatic rings. The average molecular weight is 278 g/mol. The zero-order valence-electron chi connectivity index (χ0n) is 12.0. The van der Waals surface area contributed by atoms with Crippen molar-refractivity contribution < 1.29 is 14.7 Å². The Kier molecular flexibility index (Phi) is 6.73. The number of hydrogen-bond donors (Lipinski definition) is 2. The van der Waals surface area contributed by atoms with E-state index in [9.17, 15) is 9.59 Å². The van der Waals surface area contributed by atoms with E-state index in [4.69, 9.17) is 5.11 Å². The highest BCUT2D eigenvalue weighted by molar-refractivity contribution is 5.92. The average Bonchev–Trinajstić information content (AvgIpc) is 2.45. The highest BCUT2D eigenvalue weighted by atomic mass is 16.3. The van der Waals surface area contributed by atoms with Gasteiger partial charge in [0.1, 0.15) is 0 Å². The van der Waals surface area contributed by atoms with Crippen LogP contribution < -0.4 is 10.2 Å². The quantitative estimate of drug-likeness (QED) is 0.790. The van der Waals surface area contributed by atoms with Gasteiger partial charge in [-0.2, -0.15) is 0 Å². The van der Waals surface area contributed by atoms with Crippen molar-refractivity contribution in [1.29, 1.82) is 0 Å². The van der Waals surface area contributed by atoms with Crippen molar-refractivity contribution in [3.8, 4) is 0 Å². The zero-order valence-corrected chi connectivity index (χ0v) is 12.0. The Morgan fingerprint density at radius 1 is 1.25 bits per heavy atom. The van der Waals surface area contributed by atoms with E-state index in [1.165, 1.54) is 0 Å². The molecule has 0 saturated heterocycles. The largest absolute Gasteiger partial charge is 0.392 e. The van der Waals surface area contributed by atoms with Crippen LogP contribution in [0.25, 0.3) is 0 Å². The molecule has 2 amide bonds. The number of carbonyl (C=O) groups is 2. The monoisotopic (exact) mass is 278 g/mol. The number of amides is 2. The van der Waals surface area contributed by atoms with Gasteiger partial charge in [-0.3, -0.25) is 9.59 Å². The maximum absolute atomic E-state index is 11.9.